The molecule has 0 saturated carbocycles. The van der Waals surface area contributed by atoms with Crippen molar-refractivity contribution in [2.24, 2.45) is 0 Å². The molecular weight excluding hydrogens is 435 g/mol. The molecule has 1 unspecified atom stereocenters. The summed E-state index contributed by atoms with van der Waals surface area (Å²) in [6, 6.07) is 7.51. The SMILES string of the molecule is CCNC(=O)Nc1ccc(-c2nc3c(c(N4CCOCC4C)n2)CCN(CC(C)(C)F)C3)cc1. The van der Waals surface area contributed by atoms with Gasteiger partial charge < -0.3 is 20.3 Å². The zero-order chi connectivity index (χ0) is 24.3. The average Bonchev–Trinajstić information content (AvgIpc) is 2.78. The largest absolute Gasteiger partial charge is 0.377 e. The summed E-state index contributed by atoms with van der Waals surface area (Å²) in [7, 11) is 0. The summed E-state index contributed by atoms with van der Waals surface area (Å²) in [5, 5.41) is 5.53. The topological polar surface area (TPSA) is 82.6 Å². The monoisotopic (exact) mass is 470 g/mol. The number of hydrogen-bond acceptors (Lipinski definition) is 6. The molecule has 1 atom stereocenters. The van der Waals surface area contributed by atoms with Crippen LogP contribution >= 0.6 is 0 Å². The van der Waals surface area contributed by atoms with Crippen molar-refractivity contribution in [1.29, 1.82) is 0 Å². The van der Waals surface area contributed by atoms with Gasteiger partial charge in [-0.2, -0.15) is 0 Å². The number of rotatable bonds is 6. The van der Waals surface area contributed by atoms with Gasteiger partial charge in [0, 0.05) is 49.5 Å². The molecule has 184 valence electrons. The Morgan fingerprint density at radius 3 is 2.68 bits per heavy atom. The molecule has 1 fully saturated rings. The molecule has 2 amide bonds. The lowest BCUT2D eigenvalue weighted by Crippen LogP contribution is -2.46. The first-order chi connectivity index (χ1) is 16.2. The number of carbonyl (C=O) groups excluding carboxylic acids is 1. The molecule has 4 rings (SSSR count). The number of alkyl halides is 1. The van der Waals surface area contributed by atoms with E-state index in [9.17, 15) is 9.18 Å². The first kappa shape index (κ1) is 24.3. The van der Waals surface area contributed by atoms with E-state index < -0.39 is 5.67 Å². The van der Waals surface area contributed by atoms with Crippen molar-refractivity contribution >= 4 is 17.5 Å². The molecule has 0 spiro atoms. The Bertz CT molecular complexity index is 1010. The summed E-state index contributed by atoms with van der Waals surface area (Å²) in [4.78, 5) is 26.2. The Kier molecular flexibility index (Phi) is 7.33. The smallest absolute Gasteiger partial charge is 0.319 e. The molecule has 3 heterocycles. The van der Waals surface area contributed by atoms with Gasteiger partial charge in [-0.3, -0.25) is 4.90 Å². The van der Waals surface area contributed by atoms with Gasteiger partial charge in [0.2, 0.25) is 0 Å². The fourth-order valence-electron chi connectivity index (χ4n) is 4.58. The molecule has 1 aromatic heterocycles. The van der Waals surface area contributed by atoms with Crippen molar-refractivity contribution in [1.82, 2.24) is 20.2 Å². The molecule has 2 aliphatic rings. The van der Waals surface area contributed by atoms with Gasteiger partial charge in [0.25, 0.3) is 0 Å². The number of nitrogens with zero attached hydrogens (tertiary/aromatic N) is 4. The standard InChI is InChI=1S/C25H35FN6O2/c1-5-27-24(33)28-19-8-6-18(7-9-19)22-29-21-14-31(16-25(3,4)26)11-10-20(21)23(30-22)32-12-13-34-15-17(32)2/h6-9,17H,5,10-16H2,1-4H3,(H2,27,28,33). The lowest BCUT2D eigenvalue weighted by molar-refractivity contribution is 0.0979. The summed E-state index contributed by atoms with van der Waals surface area (Å²) in [6.07, 6.45) is 0.792. The number of benzene rings is 1. The number of ether oxygens (including phenoxy) is 1. The number of carbonyl (C=O) groups is 1. The van der Waals surface area contributed by atoms with Gasteiger partial charge in [-0.1, -0.05) is 0 Å². The Labute approximate surface area is 200 Å². The molecule has 2 aliphatic heterocycles. The van der Waals surface area contributed by atoms with E-state index in [-0.39, 0.29) is 12.1 Å². The summed E-state index contributed by atoms with van der Waals surface area (Å²) in [5.41, 5.74) is 2.42. The van der Waals surface area contributed by atoms with Crippen LogP contribution in [0.4, 0.5) is 20.7 Å². The molecule has 2 aromatic rings. The first-order valence-corrected chi connectivity index (χ1v) is 12.0. The number of fused-ring (bicyclic) bond motifs is 1. The third-order valence-electron chi connectivity index (χ3n) is 6.10. The van der Waals surface area contributed by atoms with Gasteiger partial charge in [0.15, 0.2) is 5.82 Å². The van der Waals surface area contributed by atoms with Crippen molar-refractivity contribution in [3.63, 3.8) is 0 Å². The van der Waals surface area contributed by atoms with Crippen LogP contribution in [-0.4, -0.2) is 72.0 Å². The molecule has 8 nitrogen and oxygen atoms in total. The summed E-state index contributed by atoms with van der Waals surface area (Å²) < 4.78 is 20.0. The predicted molar refractivity (Wildman–Crippen MR) is 132 cm³/mol. The van der Waals surface area contributed by atoms with Crippen molar-refractivity contribution in [3.05, 3.63) is 35.5 Å². The Balaban J connectivity index is 1.67. The van der Waals surface area contributed by atoms with Crippen molar-refractivity contribution in [2.45, 2.75) is 52.4 Å². The summed E-state index contributed by atoms with van der Waals surface area (Å²) in [5.74, 6) is 1.60. The number of urea groups is 1. The van der Waals surface area contributed by atoms with Crippen LogP contribution in [0.1, 0.15) is 39.0 Å². The van der Waals surface area contributed by atoms with Crippen LogP contribution in [0.25, 0.3) is 11.4 Å². The van der Waals surface area contributed by atoms with E-state index >= 15 is 0 Å². The fourth-order valence-corrected chi connectivity index (χ4v) is 4.58. The Hall–Kier alpha value is -2.78. The molecule has 9 heteroatoms. The molecule has 0 bridgehead atoms. The lowest BCUT2D eigenvalue weighted by Gasteiger charge is -2.38. The molecule has 1 saturated heterocycles. The third-order valence-corrected chi connectivity index (χ3v) is 6.10. The van der Waals surface area contributed by atoms with E-state index in [2.05, 4.69) is 27.4 Å². The van der Waals surface area contributed by atoms with Crippen LogP contribution < -0.4 is 15.5 Å². The molecule has 1 aromatic carbocycles. The number of halogens is 1. The van der Waals surface area contributed by atoms with Crippen LogP contribution in [0.15, 0.2) is 24.3 Å². The van der Waals surface area contributed by atoms with Crippen LogP contribution in [-0.2, 0) is 17.7 Å². The number of hydrogen-bond donors (Lipinski definition) is 2. The highest BCUT2D eigenvalue weighted by Crippen LogP contribution is 2.32. The first-order valence-electron chi connectivity index (χ1n) is 12.0. The summed E-state index contributed by atoms with van der Waals surface area (Å²) >= 11 is 0. The van der Waals surface area contributed by atoms with E-state index in [1.165, 1.54) is 0 Å². The number of nitrogens with one attached hydrogen (secondary N) is 2. The number of amides is 2. The minimum atomic E-state index is -1.26. The van der Waals surface area contributed by atoms with Crippen molar-refractivity contribution in [3.8, 4) is 11.4 Å². The van der Waals surface area contributed by atoms with Gasteiger partial charge in [0.05, 0.1) is 24.9 Å². The minimum absolute atomic E-state index is 0.215. The zero-order valence-corrected chi connectivity index (χ0v) is 20.5. The predicted octanol–water partition coefficient (Wildman–Crippen LogP) is 3.62. The van der Waals surface area contributed by atoms with Gasteiger partial charge in [-0.05, 0) is 58.4 Å². The lowest BCUT2D eigenvalue weighted by atomic mass is 10.0. The van der Waals surface area contributed by atoms with Gasteiger partial charge in [-0.25, -0.2) is 19.2 Å². The normalized spacial score (nSPS) is 19.0. The third kappa shape index (κ3) is 5.82. The van der Waals surface area contributed by atoms with E-state index in [0.717, 1.165) is 42.1 Å². The maximum Gasteiger partial charge on any atom is 0.319 e. The second-order valence-electron chi connectivity index (χ2n) is 9.65. The van der Waals surface area contributed by atoms with E-state index in [1.54, 1.807) is 13.8 Å². The number of anilines is 2. The second-order valence-corrected chi connectivity index (χ2v) is 9.65. The van der Waals surface area contributed by atoms with Gasteiger partial charge >= 0.3 is 6.03 Å². The van der Waals surface area contributed by atoms with Crippen LogP contribution in [0, 0.1) is 0 Å². The minimum Gasteiger partial charge on any atom is -0.377 e. The highest BCUT2D eigenvalue weighted by Gasteiger charge is 2.30. The number of aromatic nitrogens is 2. The maximum atomic E-state index is 14.4. The van der Waals surface area contributed by atoms with E-state index in [0.29, 0.717) is 44.4 Å². The molecule has 0 radical (unpaired) electrons. The van der Waals surface area contributed by atoms with E-state index in [4.69, 9.17) is 14.7 Å². The van der Waals surface area contributed by atoms with Gasteiger partial charge in [-0.15, -0.1) is 0 Å². The maximum absolute atomic E-state index is 14.4. The quantitative estimate of drug-likeness (QED) is 0.671. The van der Waals surface area contributed by atoms with Crippen LogP contribution in [0.5, 0.6) is 0 Å². The van der Waals surface area contributed by atoms with Crippen molar-refractivity contribution < 1.29 is 13.9 Å². The molecule has 2 N–H and O–H groups in total. The molecule has 34 heavy (non-hydrogen) atoms. The fraction of sp³-hybridized carbons (Fsp3) is 0.560. The highest BCUT2D eigenvalue weighted by atomic mass is 19.1. The Morgan fingerprint density at radius 2 is 2.00 bits per heavy atom. The van der Waals surface area contributed by atoms with Gasteiger partial charge in [0.1, 0.15) is 11.5 Å². The second kappa shape index (κ2) is 10.2. The van der Waals surface area contributed by atoms with Crippen LogP contribution in [0.3, 0.4) is 0 Å². The average molecular weight is 471 g/mol. The highest BCUT2D eigenvalue weighted by molar-refractivity contribution is 5.89. The van der Waals surface area contributed by atoms with Crippen molar-refractivity contribution in [2.75, 3.05) is 49.6 Å². The Morgan fingerprint density at radius 1 is 1.24 bits per heavy atom. The molecule has 0 aliphatic carbocycles. The molecular formula is C25H35FN6O2. The van der Waals surface area contributed by atoms with Crippen LogP contribution in [0.2, 0.25) is 0 Å². The summed E-state index contributed by atoms with van der Waals surface area (Å²) in [6.45, 7) is 11.7. The number of morpholine rings is 1. The van der Waals surface area contributed by atoms with E-state index in [1.807, 2.05) is 31.2 Å². The zero-order valence-electron chi connectivity index (χ0n) is 20.5.